The number of likely N-dealkylation sites (tertiary alicyclic amines) is 1. The van der Waals surface area contributed by atoms with Crippen LogP contribution in [0.2, 0.25) is 0 Å². The van der Waals surface area contributed by atoms with Gasteiger partial charge >= 0.3 is 5.97 Å². The molecule has 1 atom stereocenters. The van der Waals surface area contributed by atoms with Gasteiger partial charge in [-0.15, -0.1) is 0 Å². The molecule has 0 aliphatic carbocycles. The summed E-state index contributed by atoms with van der Waals surface area (Å²) in [7, 11) is 0. The molecule has 1 N–H and O–H groups in total. The molecule has 0 unspecified atom stereocenters. The van der Waals surface area contributed by atoms with Gasteiger partial charge in [-0.25, -0.2) is 4.79 Å². The van der Waals surface area contributed by atoms with Gasteiger partial charge in [0, 0.05) is 25.4 Å². The molecule has 0 aromatic carbocycles. The number of carbonyl (C=O) groups excluding carboxylic acids is 1. The fourth-order valence-electron chi connectivity index (χ4n) is 3.03. The number of aliphatic carboxylic acids is 1. The number of pyridine rings is 1. The molecule has 0 radical (unpaired) electrons. The van der Waals surface area contributed by atoms with Crippen molar-refractivity contribution in [1.29, 1.82) is 0 Å². The van der Waals surface area contributed by atoms with Crippen LogP contribution >= 0.6 is 0 Å². The van der Waals surface area contributed by atoms with Crippen LogP contribution in [0.3, 0.4) is 0 Å². The maximum Gasteiger partial charge on any atom is 0.329 e. The number of amides is 1. The Balaban J connectivity index is 2.03. The second kappa shape index (κ2) is 6.03. The number of hydrogen-bond donors (Lipinski definition) is 1. The van der Waals surface area contributed by atoms with Gasteiger partial charge < -0.3 is 10.0 Å². The van der Waals surface area contributed by atoms with Crippen LogP contribution in [0.1, 0.15) is 38.3 Å². The van der Waals surface area contributed by atoms with E-state index >= 15 is 0 Å². The van der Waals surface area contributed by atoms with Crippen LogP contribution in [0.25, 0.3) is 0 Å². The Morgan fingerprint density at radius 2 is 2.25 bits per heavy atom. The van der Waals surface area contributed by atoms with Gasteiger partial charge in [0.2, 0.25) is 5.91 Å². The maximum atomic E-state index is 11.7. The topological polar surface area (TPSA) is 70.5 Å². The number of carboxylic acid groups (broad SMARTS) is 1. The van der Waals surface area contributed by atoms with Crippen LogP contribution in [0, 0.1) is 0 Å². The molecule has 1 fully saturated rings. The van der Waals surface area contributed by atoms with Crippen LogP contribution in [-0.4, -0.2) is 39.0 Å². The van der Waals surface area contributed by atoms with E-state index in [9.17, 15) is 14.7 Å². The Morgan fingerprint density at radius 3 is 2.85 bits per heavy atom. The first-order chi connectivity index (χ1) is 9.56. The van der Waals surface area contributed by atoms with Crippen LogP contribution < -0.4 is 0 Å². The summed E-state index contributed by atoms with van der Waals surface area (Å²) >= 11 is 0. The van der Waals surface area contributed by atoms with Crippen molar-refractivity contribution in [3.8, 4) is 0 Å². The normalized spacial score (nSPS) is 21.9. The van der Waals surface area contributed by atoms with E-state index in [1.54, 1.807) is 6.20 Å². The van der Waals surface area contributed by atoms with Crippen molar-refractivity contribution in [2.24, 2.45) is 0 Å². The van der Waals surface area contributed by atoms with Crippen molar-refractivity contribution in [3.63, 3.8) is 0 Å². The summed E-state index contributed by atoms with van der Waals surface area (Å²) in [6, 6.07) is 5.72. The van der Waals surface area contributed by atoms with Crippen LogP contribution in [0.15, 0.2) is 24.4 Å². The van der Waals surface area contributed by atoms with E-state index in [0.717, 1.165) is 18.5 Å². The fourth-order valence-corrected chi connectivity index (χ4v) is 3.03. The summed E-state index contributed by atoms with van der Waals surface area (Å²) in [5.41, 5.74) is -0.0546. The van der Waals surface area contributed by atoms with Gasteiger partial charge in [0.1, 0.15) is 5.54 Å². The molecule has 108 valence electrons. The first-order valence-electron chi connectivity index (χ1n) is 6.98. The van der Waals surface area contributed by atoms with Gasteiger partial charge in [0.15, 0.2) is 0 Å². The number of carbonyl (C=O) groups is 2. The predicted molar refractivity (Wildman–Crippen MR) is 74.2 cm³/mol. The number of nitrogens with zero attached hydrogens (tertiary/aromatic N) is 2. The summed E-state index contributed by atoms with van der Waals surface area (Å²) in [4.78, 5) is 29.1. The van der Waals surface area contributed by atoms with E-state index in [1.165, 1.54) is 11.8 Å². The number of carboxylic acids is 1. The maximum absolute atomic E-state index is 11.7. The second-order valence-electron chi connectivity index (χ2n) is 5.29. The van der Waals surface area contributed by atoms with E-state index in [1.807, 2.05) is 18.2 Å². The van der Waals surface area contributed by atoms with Gasteiger partial charge in [0.25, 0.3) is 0 Å². The molecular formula is C15H20N2O3. The summed E-state index contributed by atoms with van der Waals surface area (Å²) < 4.78 is 0. The summed E-state index contributed by atoms with van der Waals surface area (Å²) in [5.74, 6) is -1.03. The number of hydrogen-bond acceptors (Lipinski definition) is 3. The molecule has 1 amide bonds. The smallest absolute Gasteiger partial charge is 0.329 e. The average molecular weight is 276 g/mol. The third-order valence-corrected chi connectivity index (χ3v) is 4.02. The van der Waals surface area contributed by atoms with E-state index in [4.69, 9.17) is 0 Å². The van der Waals surface area contributed by atoms with E-state index in [0.29, 0.717) is 25.8 Å². The first-order valence-corrected chi connectivity index (χ1v) is 6.98. The molecule has 0 spiro atoms. The lowest BCUT2D eigenvalue weighted by Gasteiger charge is -2.34. The standard InChI is InChI=1S/C15H20N2O3/c1-12(18)17-11-5-9-15(17,14(19)20)8-4-7-13-6-2-3-10-16-13/h2-3,6,10H,4-5,7-9,11H2,1H3,(H,19,20)/t15-/m0/s1. The zero-order valence-corrected chi connectivity index (χ0v) is 11.7. The van der Waals surface area contributed by atoms with Gasteiger partial charge in [-0.05, 0) is 44.2 Å². The second-order valence-corrected chi connectivity index (χ2v) is 5.29. The van der Waals surface area contributed by atoms with Crippen molar-refractivity contribution >= 4 is 11.9 Å². The average Bonchev–Trinajstić information content (AvgIpc) is 2.85. The molecule has 1 aliphatic rings. The predicted octanol–water partition coefficient (Wildman–Crippen LogP) is 1.87. The Kier molecular flexibility index (Phi) is 4.37. The largest absolute Gasteiger partial charge is 0.479 e. The lowest BCUT2D eigenvalue weighted by molar-refractivity contribution is -0.156. The number of aromatic nitrogens is 1. The quantitative estimate of drug-likeness (QED) is 0.891. The van der Waals surface area contributed by atoms with Crippen molar-refractivity contribution in [2.75, 3.05) is 6.54 Å². The van der Waals surface area contributed by atoms with Crippen molar-refractivity contribution < 1.29 is 14.7 Å². The van der Waals surface area contributed by atoms with Crippen LogP contribution in [0.4, 0.5) is 0 Å². The zero-order chi connectivity index (χ0) is 14.6. The molecule has 5 nitrogen and oxygen atoms in total. The molecule has 1 aromatic rings. The highest BCUT2D eigenvalue weighted by molar-refractivity contribution is 5.86. The SMILES string of the molecule is CC(=O)N1CCC[C@@]1(CCCc1ccccn1)C(=O)O. The van der Waals surface area contributed by atoms with E-state index in [2.05, 4.69) is 4.98 Å². The molecule has 0 saturated carbocycles. The summed E-state index contributed by atoms with van der Waals surface area (Å²) in [6.45, 7) is 1.99. The Bertz CT molecular complexity index is 489. The molecule has 1 saturated heterocycles. The Morgan fingerprint density at radius 1 is 1.45 bits per heavy atom. The minimum absolute atomic E-state index is 0.150. The lowest BCUT2D eigenvalue weighted by Crippen LogP contribution is -2.52. The highest BCUT2D eigenvalue weighted by Gasteiger charge is 2.48. The zero-order valence-electron chi connectivity index (χ0n) is 11.7. The molecule has 1 aromatic heterocycles. The highest BCUT2D eigenvalue weighted by atomic mass is 16.4. The molecule has 2 heterocycles. The Hall–Kier alpha value is -1.91. The fraction of sp³-hybridized carbons (Fsp3) is 0.533. The third kappa shape index (κ3) is 2.81. The number of aryl methyl sites for hydroxylation is 1. The van der Waals surface area contributed by atoms with Gasteiger partial charge in [0.05, 0.1) is 0 Å². The molecular weight excluding hydrogens is 256 g/mol. The third-order valence-electron chi connectivity index (χ3n) is 4.02. The molecule has 0 bridgehead atoms. The Labute approximate surface area is 118 Å². The summed E-state index contributed by atoms with van der Waals surface area (Å²) in [5, 5.41) is 9.57. The monoisotopic (exact) mass is 276 g/mol. The van der Waals surface area contributed by atoms with Crippen molar-refractivity contribution in [1.82, 2.24) is 9.88 Å². The molecule has 20 heavy (non-hydrogen) atoms. The molecule has 2 rings (SSSR count). The summed E-state index contributed by atoms with van der Waals surface area (Å²) in [6.07, 6.45) is 4.98. The van der Waals surface area contributed by atoms with Crippen LogP contribution in [0.5, 0.6) is 0 Å². The van der Waals surface area contributed by atoms with Crippen molar-refractivity contribution in [2.45, 2.75) is 44.6 Å². The minimum atomic E-state index is -1.01. The molecule has 5 heteroatoms. The van der Waals surface area contributed by atoms with Crippen molar-refractivity contribution in [3.05, 3.63) is 30.1 Å². The van der Waals surface area contributed by atoms with Crippen LogP contribution in [-0.2, 0) is 16.0 Å². The lowest BCUT2D eigenvalue weighted by atomic mass is 9.89. The number of rotatable bonds is 5. The van der Waals surface area contributed by atoms with E-state index in [-0.39, 0.29) is 5.91 Å². The van der Waals surface area contributed by atoms with Gasteiger partial charge in [-0.2, -0.15) is 0 Å². The van der Waals surface area contributed by atoms with E-state index < -0.39 is 11.5 Å². The minimum Gasteiger partial charge on any atom is -0.479 e. The first kappa shape index (κ1) is 14.5. The van der Waals surface area contributed by atoms with Gasteiger partial charge in [-0.1, -0.05) is 6.07 Å². The molecule has 1 aliphatic heterocycles. The van der Waals surface area contributed by atoms with Gasteiger partial charge in [-0.3, -0.25) is 9.78 Å². The highest BCUT2D eigenvalue weighted by Crippen LogP contribution is 2.34.